The molecule has 1 aliphatic heterocycles. The van der Waals surface area contributed by atoms with Gasteiger partial charge >= 0.3 is 0 Å². The molecule has 1 fully saturated rings. The molecule has 2 aromatic rings. The second-order valence-corrected chi connectivity index (χ2v) is 5.36. The summed E-state index contributed by atoms with van der Waals surface area (Å²) in [5, 5.41) is 6.05. The van der Waals surface area contributed by atoms with Crippen molar-refractivity contribution < 1.29 is 9.53 Å². The fourth-order valence-corrected chi connectivity index (χ4v) is 2.47. The number of H-pyrrole nitrogens is 1. The van der Waals surface area contributed by atoms with E-state index < -0.39 is 0 Å². The van der Waals surface area contributed by atoms with Crippen LogP contribution in [0, 0.1) is 6.92 Å². The molecule has 1 N–H and O–H groups in total. The van der Waals surface area contributed by atoms with Crippen LogP contribution in [0.1, 0.15) is 29.2 Å². The van der Waals surface area contributed by atoms with Gasteiger partial charge in [0.1, 0.15) is 17.6 Å². The molecule has 120 valence electrons. The van der Waals surface area contributed by atoms with Crippen LogP contribution in [-0.2, 0) is 0 Å². The monoisotopic (exact) mass is 315 g/mol. The molecule has 0 radical (unpaired) electrons. The fourth-order valence-electron chi connectivity index (χ4n) is 2.47. The minimum absolute atomic E-state index is 0.0249. The van der Waals surface area contributed by atoms with E-state index in [-0.39, 0.29) is 23.3 Å². The molecule has 0 aliphatic carbocycles. The number of nitrogens with zero attached hydrogens (tertiary/aromatic N) is 4. The number of rotatable bonds is 3. The molecule has 0 aromatic carbocycles. The summed E-state index contributed by atoms with van der Waals surface area (Å²) in [6.07, 6.45) is 3.13. The summed E-state index contributed by atoms with van der Waals surface area (Å²) in [7, 11) is 0. The quantitative estimate of drug-likeness (QED) is 0.887. The average Bonchev–Trinajstić information content (AvgIpc) is 2.56. The maximum Gasteiger partial charge on any atom is 0.274 e. The minimum Gasteiger partial charge on any atom is -0.474 e. The van der Waals surface area contributed by atoms with Crippen molar-refractivity contribution in [2.24, 2.45) is 0 Å². The van der Waals surface area contributed by atoms with E-state index in [4.69, 9.17) is 4.74 Å². The Morgan fingerprint density at radius 3 is 2.74 bits per heavy atom. The Bertz CT molecular complexity index is 732. The Labute approximate surface area is 132 Å². The topological polar surface area (TPSA) is 101 Å². The van der Waals surface area contributed by atoms with Gasteiger partial charge in [0.15, 0.2) is 0 Å². The summed E-state index contributed by atoms with van der Waals surface area (Å²) < 4.78 is 5.83. The normalized spacial score (nSPS) is 15.4. The number of hydrogen-bond donors (Lipinski definition) is 1. The zero-order chi connectivity index (χ0) is 16.2. The zero-order valence-electron chi connectivity index (χ0n) is 12.7. The average molecular weight is 315 g/mol. The SMILES string of the molecule is Cc1nccc(OC2CCN(C(=O)c3ccc(=O)[nH]n3)CC2)n1. The van der Waals surface area contributed by atoms with Gasteiger partial charge in [-0.1, -0.05) is 0 Å². The van der Waals surface area contributed by atoms with Gasteiger partial charge in [-0.05, 0) is 13.0 Å². The molecule has 3 rings (SSSR count). The molecule has 0 bridgehead atoms. The van der Waals surface area contributed by atoms with Crippen molar-refractivity contribution in [3.63, 3.8) is 0 Å². The van der Waals surface area contributed by atoms with Crippen molar-refractivity contribution in [2.45, 2.75) is 25.9 Å². The van der Waals surface area contributed by atoms with Gasteiger partial charge in [-0.2, -0.15) is 10.1 Å². The molecule has 8 nitrogen and oxygen atoms in total. The molecule has 0 unspecified atom stereocenters. The Morgan fingerprint density at radius 2 is 2.09 bits per heavy atom. The Morgan fingerprint density at radius 1 is 1.30 bits per heavy atom. The Hall–Kier alpha value is -2.77. The maximum atomic E-state index is 12.3. The van der Waals surface area contributed by atoms with Crippen LogP contribution in [0.5, 0.6) is 5.88 Å². The van der Waals surface area contributed by atoms with E-state index in [9.17, 15) is 9.59 Å². The van der Waals surface area contributed by atoms with E-state index in [1.165, 1.54) is 12.1 Å². The lowest BCUT2D eigenvalue weighted by atomic mass is 10.1. The van der Waals surface area contributed by atoms with Gasteiger partial charge in [0.25, 0.3) is 11.5 Å². The number of aromatic nitrogens is 4. The molecular weight excluding hydrogens is 298 g/mol. The summed E-state index contributed by atoms with van der Waals surface area (Å²) in [4.78, 5) is 33.3. The van der Waals surface area contributed by atoms with Crippen molar-refractivity contribution in [1.29, 1.82) is 0 Å². The third kappa shape index (κ3) is 3.71. The van der Waals surface area contributed by atoms with Crippen molar-refractivity contribution in [1.82, 2.24) is 25.1 Å². The lowest BCUT2D eigenvalue weighted by Crippen LogP contribution is -2.42. The van der Waals surface area contributed by atoms with Gasteiger partial charge in [0.05, 0.1) is 0 Å². The minimum atomic E-state index is -0.325. The summed E-state index contributed by atoms with van der Waals surface area (Å²) in [6, 6.07) is 4.47. The van der Waals surface area contributed by atoms with Crippen LogP contribution < -0.4 is 10.3 Å². The number of aryl methyl sites for hydroxylation is 1. The standard InChI is InChI=1S/C15H17N5O3/c1-10-16-7-4-14(17-10)23-11-5-8-20(9-6-11)15(22)12-2-3-13(21)19-18-12/h2-4,7,11H,5-6,8-9H2,1H3,(H,19,21). The fraction of sp³-hybridized carbons (Fsp3) is 0.400. The van der Waals surface area contributed by atoms with E-state index in [2.05, 4.69) is 20.2 Å². The van der Waals surface area contributed by atoms with Gasteiger partial charge in [-0.25, -0.2) is 10.1 Å². The van der Waals surface area contributed by atoms with Crippen LogP contribution in [0.15, 0.2) is 29.2 Å². The Balaban J connectivity index is 1.56. The van der Waals surface area contributed by atoms with E-state index >= 15 is 0 Å². The predicted octanol–water partition coefficient (Wildman–Crippen LogP) is 0.552. The molecule has 0 saturated carbocycles. The van der Waals surface area contributed by atoms with Gasteiger partial charge < -0.3 is 9.64 Å². The molecule has 0 spiro atoms. The number of ether oxygens (including phenoxy) is 1. The first kappa shape index (κ1) is 15.1. The zero-order valence-corrected chi connectivity index (χ0v) is 12.7. The van der Waals surface area contributed by atoms with Gasteiger partial charge in [-0.3, -0.25) is 9.59 Å². The number of piperidine rings is 1. The number of hydrogen-bond acceptors (Lipinski definition) is 6. The molecule has 1 saturated heterocycles. The summed E-state index contributed by atoms with van der Waals surface area (Å²) in [5.41, 5.74) is -0.0794. The number of carbonyl (C=O) groups is 1. The second kappa shape index (κ2) is 6.55. The first-order valence-electron chi connectivity index (χ1n) is 7.43. The molecular formula is C15H17N5O3. The van der Waals surface area contributed by atoms with Crippen molar-refractivity contribution in [3.05, 3.63) is 46.3 Å². The smallest absolute Gasteiger partial charge is 0.274 e. The number of carbonyl (C=O) groups excluding carboxylic acids is 1. The molecule has 3 heterocycles. The molecule has 2 aromatic heterocycles. The first-order chi connectivity index (χ1) is 11.1. The van der Waals surface area contributed by atoms with Crippen LogP contribution in [0.2, 0.25) is 0 Å². The van der Waals surface area contributed by atoms with Gasteiger partial charge in [0, 0.05) is 44.3 Å². The number of likely N-dealkylation sites (tertiary alicyclic amines) is 1. The molecule has 23 heavy (non-hydrogen) atoms. The highest BCUT2D eigenvalue weighted by molar-refractivity contribution is 5.92. The van der Waals surface area contributed by atoms with Crippen molar-refractivity contribution in [3.8, 4) is 5.88 Å². The van der Waals surface area contributed by atoms with Crippen LogP contribution in [-0.4, -0.2) is 50.2 Å². The molecule has 0 atom stereocenters. The van der Waals surface area contributed by atoms with E-state index in [1.54, 1.807) is 17.2 Å². The number of nitrogens with one attached hydrogen (secondary N) is 1. The van der Waals surface area contributed by atoms with E-state index in [1.807, 2.05) is 6.92 Å². The van der Waals surface area contributed by atoms with Crippen LogP contribution in [0.4, 0.5) is 0 Å². The lowest BCUT2D eigenvalue weighted by Gasteiger charge is -2.31. The highest BCUT2D eigenvalue weighted by Crippen LogP contribution is 2.18. The summed E-state index contributed by atoms with van der Waals surface area (Å²) >= 11 is 0. The third-order valence-corrected chi connectivity index (χ3v) is 3.67. The molecule has 8 heteroatoms. The van der Waals surface area contributed by atoms with E-state index in [0.29, 0.717) is 24.8 Å². The first-order valence-corrected chi connectivity index (χ1v) is 7.43. The third-order valence-electron chi connectivity index (χ3n) is 3.67. The van der Waals surface area contributed by atoms with Crippen molar-refractivity contribution in [2.75, 3.05) is 13.1 Å². The summed E-state index contributed by atoms with van der Waals surface area (Å²) in [6.45, 7) is 2.97. The van der Waals surface area contributed by atoms with Gasteiger partial charge in [-0.15, -0.1) is 0 Å². The van der Waals surface area contributed by atoms with Gasteiger partial charge in [0.2, 0.25) is 5.88 Å². The van der Waals surface area contributed by atoms with Crippen molar-refractivity contribution >= 4 is 5.91 Å². The largest absolute Gasteiger partial charge is 0.474 e. The highest BCUT2D eigenvalue weighted by Gasteiger charge is 2.25. The number of aromatic amines is 1. The molecule has 1 amide bonds. The predicted molar refractivity (Wildman–Crippen MR) is 81.2 cm³/mol. The summed E-state index contributed by atoms with van der Waals surface area (Å²) in [5.74, 6) is 1.04. The maximum absolute atomic E-state index is 12.3. The number of amides is 1. The highest BCUT2D eigenvalue weighted by atomic mass is 16.5. The van der Waals surface area contributed by atoms with Crippen LogP contribution in [0.25, 0.3) is 0 Å². The van der Waals surface area contributed by atoms with Crippen LogP contribution in [0.3, 0.4) is 0 Å². The van der Waals surface area contributed by atoms with E-state index in [0.717, 1.165) is 12.8 Å². The Kier molecular flexibility index (Phi) is 4.31. The lowest BCUT2D eigenvalue weighted by molar-refractivity contribution is 0.0581. The van der Waals surface area contributed by atoms with Crippen LogP contribution >= 0.6 is 0 Å². The molecule has 1 aliphatic rings. The second-order valence-electron chi connectivity index (χ2n) is 5.36.